The smallest absolute Gasteiger partial charge is 1.00 e. The van der Waals surface area contributed by atoms with E-state index in [0.717, 1.165) is 6.42 Å². The van der Waals surface area contributed by atoms with Gasteiger partial charge in [-0.3, -0.25) is 0 Å². The van der Waals surface area contributed by atoms with Crippen molar-refractivity contribution in [1.82, 2.24) is 0 Å². The molecule has 1 nitrogen and oxygen atoms in total. The summed E-state index contributed by atoms with van der Waals surface area (Å²) >= 11 is -3.25. The van der Waals surface area contributed by atoms with E-state index in [0.29, 0.717) is 0 Å². The van der Waals surface area contributed by atoms with Gasteiger partial charge < -0.3 is 24.8 Å². The Morgan fingerprint density at radius 1 is 0.714 bits per heavy atom. The molecule has 0 radical (unpaired) electrons. The summed E-state index contributed by atoms with van der Waals surface area (Å²) in [7, 11) is 1.89. The number of benzene rings is 3. The Hall–Kier alpha value is -1.61. The van der Waals surface area contributed by atoms with Crippen molar-refractivity contribution in [2.45, 2.75) is 6.42 Å². The van der Waals surface area contributed by atoms with Crippen LogP contribution >= 0.6 is 0 Å². The molecule has 3 aromatic carbocycles. The van der Waals surface area contributed by atoms with Gasteiger partial charge in [-0.2, -0.15) is 0 Å². The Morgan fingerprint density at radius 2 is 1.25 bits per heavy atom. The fourth-order valence-corrected chi connectivity index (χ4v) is 10.0. The van der Waals surface area contributed by atoms with Crippen LogP contribution in [-0.4, -0.2) is 7.11 Å². The van der Waals surface area contributed by atoms with Gasteiger partial charge in [0, 0.05) is 0 Å². The van der Waals surface area contributed by atoms with Gasteiger partial charge >= 0.3 is 160 Å². The summed E-state index contributed by atoms with van der Waals surface area (Å²) < 4.78 is 10.5. The SMILES string of the molecule is C[O][Ti+2]([c]1ccccc1)([c]1ccccc1)[c]1ccccc1C1=CC=CC1.[Cl-].[Cl-]. The first-order valence-corrected chi connectivity index (χ1v) is 12.0. The van der Waals surface area contributed by atoms with Crippen molar-refractivity contribution in [2.24, 2.45) is 0 Å². The van der Waals surface area contributed by atoms with Crippen molar-refractivity contribution >= 4 is 17.2 Å². The van der Waals surface area contributed by atoms with Crippen LogP contribution < -0.4 is 36.4 Å². The van der Waals surface area contributed by atoms with Crippen LogP contribution in [0.1, 0.15) is 12.0 Å². The van der Waals surface area contributed by atoms with Crippen LogP contribution in [0, 0.1) is 0 Å². The average molecular weight is 445 g/mol. The van der Waals surface area contributed by atoms with E-state index in [1.807, 2.05) is 7.11 Å². The van der Waals surface area contributed by atoms with E-state index in [2.05, 4.69) is 103 Å². The summed E-state index contributed by atoms with van der Waals surface area (Å²) in [5, 5.41) is 0. The normalized spacial score (nSPS) is 12.1. The summed E-state index contributed by atoms with van der Waals surface area (Å²) in [5.74, 6) is 0. The number of hydrogen-bond donors (Lipinski definition) is 0. The van der Waals surface area contributed by atoms with Crippen molar-refractivity contribution in [3.8, 4) is 0 Å². The molecule has 0 saturated heterocycles. The van der Waals surface area contributed by atoms with Crippen molar-refractivity contribution in [3.05, 3.63) is 109 Å². The second-order valence-corrected chi connectivity index (χ2v) is 11.9. The van der Waals surface area contributed by atoms with Gasteiger partial charge in [0.15, 0.2) is 0 Å². The van der Waals surface area contributed by atoms with Gasteiger partial charge in [0.25, 0.3) is 0 Å². The molecule has 0 saturated carbocycles. The van der Waals surface area contributed by atoms with Crippen LogP contribution in [0.2, 0.25) is 0 Å². The monoisotopic (exact) mass is 444 g/mol. The van der Waals surface area contributed by atoms with Crippen LogP contribution in [0.4, 0.5) is 0 Å². The quantitative estimate of drug-likeness (QED) is 0.415. The van der Waals surface area contributed by atoms with Crippen molar-refractivity contribution < 1.29 is 45.1 Å². The third-order valence-corrected chi connectivity index (χ3v) is 11.5. The maximum Gasteiger partial charge on any atom is -1.00 e. The van der Waals surface area contributed by atoms with Crippen LogP contribution in [-0.2, 0) is 20.3 Å². The van der Waals surface area contributed by atoms with E-state index in [4.69, 9.17) is 3.32 Å². The molecule has 0 fully saturated rings. The third kappa shape index (κ3) is 4.05. The van der Waals surface area contributed by atoms with E-state index < -0.39 is 17.0 Å². The van der Waals surface area contributed by atoms with Gasteiger partial charge in [-0.1, -0.05) is 0 Å². The summed E-state index contributed by atoms with van der Waals surface area (Å²) in [6.45, 7) is 0. The van der Waals surface area contributed by atoms with E-state index in [-0.39, 0.29) is 24.8 Å². The molecule has 3 aromatic rings. The summed E-state index contributed by atoms with van der Waals surface area (Å²) in [5.41, 5.74) is 2.70. The largest absolute Gasteiger partial charge is 1.00 e. The average Bonchev–Trinajstić information content (AvgIpc) is 3.26. The number of hydrogen-bond acceptors (Lipinski definition) is 1. The van der Waals surface area contributed by atoms with E-state index in [1.54, 1.807) is 0 Å². The molecule has 0 amide bonds. The summed E-state index contributed by atoms with van der Waals surface area (Å²) in [6.07, 6.45) is 7.59. The number of rotatable bonds is 5. The fraction of sp³-hybridized carbons (Fsp3) is 0.0833. The molecular formula is C24H22Cl2OTi. The van der Waals surface area contributed by atoms with Gasteiger partial charge in [0.1, 0.15) is 0 Å². The molecule has 1 aliphatic carbocycles. The Bertz CT molecular complexity index is 913. The zero-order valence-corrected chi connectivity index (χ0v) is 18.8. The van der Waals surface area contributed by atoms with E-state index >= 15 is 0 Å². The van der Waals surface area contributed by atoms with E-state index in [1.165, 1.54) is 22.7 Å². The predicted molar refractivity (Wildman–Crippen MR) is 107 cm³/mol. The molecule has 4 rings (SSSR count). The molecule has 0 spiro atoms. The minimum Gasteiger partial charge on any atom is -1.00 e. The fourth-order valence-electron chi connectivity index (χ4n) is 3.89. The van der Waals surface area contributed by atoms with Gasteiger partial charge in [0.2, 0.25) is 0 Å². The predicted octanol–water partition coefficient (Wildman–Crippen LogP) is -1.97. The second-order valence-electron chi connectivity index (χ2n) is 6.49. The minimum atomic E-state index is -3.25. The maximum atomic E-state index is 6.54. The number of allylic oxidation sites excluding steroid dienone is 4. The van der Waals surface area contributed by atoms with Gasteiger partial charge in [-0.05, 0) is 0 Å². The summed E-state index contributed by atoms with van der Waals surface area (Å²) in [4.78, 5) is 0. The molecule has 0 atom stereocenters. The first-order valence-electron chi connectivity index (χ1n) is 8.98. The molecule has 0 aliphatic heterocycles. The molecule has 28 heavy (non-hydrogen) atoms. The van der Waals surface area contributed by atoms with Crippen molar-refractivity contribution in [1.29, 1.82) is 0 Å². The standard InChI is InChI=1S/C11H9.2C6H5.CH3O.2ClH.Ti/c1-2-6-10(7-3-1)11-8-4-5-9-11;2*1-2-4-6-5-3-1;1-2;;;/h1-6,8H,9H2;2*1-5H;1H3;2*1H;/q;;;-1;;;+3/p-2. The Balaban J connectivity index is 0.00000140. The Kier molecular flexibility index (Phi) is 8.30. The molecule has 0 unspecified atom stereocenters. The Morgan fingerprint density at radius 3 is 1.75 bits per heavy atom. The zero-order chi connectivity index (χ0) is 17.8. The first-order chi connectivity index (χ1) is 12.9. The maximum absolute atomic E-state index is 6.54. The van der Waals surface area contributed by atoms with Gasteiger partial charge in [0.05, 0.1) is 0 Å². The van der Waals surface area contributed by atoms with Crippen LogP contribution in [0.3, 0.4) is 0 Å². The summed E-state index contributed by atoms with van der Waals surface area (Å²) in [6, 6.07) is 30.4. The molecular weight excluding hydrogens is 423 g/mol. The van der Waals surface area contributed by atoms with Crippen LogP contribution in [0.15, 0.2) is 103 Å². The molecule has 0 aromatic heterocycles. The van der Waals surface area contributed by atoms with Crippen LogP contribution in [0.5, 0.6) is 0 Å². The van der Waals surface area contributed by atoms with Crippen LogP contribution in [0.25, 0.3) is 5.57 Å². The molecule has 4 heteroatoms. The van der Waals surface area contributed by atoms with Gasteiger partial charge in [-0.25, -0.2) is 0 Å². The molecule has 0 heterocycles. The topological polar surface area (TPSA) is 9.23 Å². The zero-order valence-electron chi connectivity index (χ0n) is 15.7. The number of halogens is 2. The van der Waals surface area contributed by atoms with Gasteiger partial charge in [-0.15, -0.1) is 0 Å². The first kappa shape index (κ1) is 22.7. The Labute approximate surface area is 183 Å². The minimum absolute atomic E-state index is 0. The second kappa shape index (κ2) is 10.3. The van der Waals surface area contributed by atoms with E-state index in [9.17, 15) is 0 Å². The third-order valence-electron chi connectivity index (χ3n) is 5.09. The van der Waals surface area contributed by atoms with Crippen molar-refractivity contribution in [2.75, 3.05) is 7.11 Å². The molecule has 142 valence electrons. The molecule has 1 aliphatic rings. The molecule has 0 N–H and O–H groups in total. The molecule has 0 bridgehead atoms. The van der Waals surface area contributed by atoms with Crippen molar-refractivity contribution in [3.63, 3.8) is 0 Å².